The van der Waals surface area contributed by atoms with Crippen molar-refractivity contribution in [3.63, 3.8) is 0 Å². The molecule has 0 saturated carbocycles. The molecule has 2 aromatic rings. The quantitative estimate of drug-likeness (QED) is 0.655. The van der Waals surface area contributed by atoms with E-state index in [0.717, 1.165) is 5.56 Å². The first kappa shape index (κ1) is 8.49. The molecule has 0 atom stereocenters. The number of nitrogen functional groups attached to an aromatic ring is 1. The third-order valence-corrected chi connectivity index (χ3v) is 1.81. The van der Waals surface area contributed by atoms with Crippen LogP contribution in [-0.4, -0.2) is 19.7 Å². The van der Waals surface area contributed by atoms with E-state index < -0.39 is 0 Å². The number of anilines is 1. The molecule has 0 amide bonds. The Hall–Kier alpha value is -2.11. The van der Waals surface area contributed by atoms with Crippen molar-refractivity contribution < 1.29 is 0 Å². The number of rotatable bonds is 1. The van der Waals surface area contributed by atoms with E-state index in [0.29, 0.717) is 11.5 Å². The Kier molecular flexibility index (Phi) is 1.81. The molecule has 3 N–H and O–H groups in total. The summed E-state index contributed by atoms with van der Waals surface area (Å²) in [6.45, 7) is 1.88. The lowest BCUT2D eigenvalue weighted by Crippen LogP contribution is -2.16. The van der Waals surface area contributed by atoms with Crippen molar-refractivity contribution in [1.29, 1.82) is 0 Å². The van der Waals surface area contributed by atoms with Gasteiger partial charge in [-0.3, -0.25) is 0 Å². The van der Waals surface area contributed by atoms with Gasteiger partial charge in [-0.25, -0.2) is 19.4 Å². The monoisotopic (exact) mass is 191 g/mol. The molecule has 0 saturated heterocycles. The van der Waals surface area contributed by atoms with Crippen LogP contribution in [0.2, 0.25) is 0 Å². The summed E-state index contributed by atoms with van der Waals surface area (Å²) in [5.74, 6) is 0.398. The molecule has 0 aliphatic heterocycles. The van der Waals surface area contributed by atoms with Gasteiger partial charge in [-0.05, 0) is 18.6 Å². The number of nitrogens with zero attached hydrogens (tertiary/aromatic N) is 3. The molecule has 0 fully saturated rings. The summed E-state index contributed by atoms with van der Waals surface area (Å²) in [5.41, 5.74) is 6.76. The van der Waals surface area contributed by atoms with Crippen molar-refractivity contribution in [2.24, 2.45) is 0 Å². The fourth-order valence-electron chi connectivity index (χ4n) is 1.18. The van der Waals surface area contributed by atoms with Crippen molar-refractivity contribution in [3.05, 3.63) is 34.6 Å². The van der Waals surface area contributed by atoms with Crippen LogP contribution in [0.3, 0.4) is 0 Å². The zero-order valence-electron chi connectivity index (χ0n) is 7.56. The number of hydrogen-bond donors (Lipinski definition) is 2. The SMILES string of the molecule is Cc1cnc(-n2cn[nH]c2=O)c(N)c1. The molecule has 2 heterocycles. The first-order valence-electron chi connectivity index (χ1n) is 4.03. The van der Waals surface area contributed by atoms with E-state index >= 15 is 0 Å². The molecule has 0 aromatic carbocycles. The number of nitrogens with one attached hydrogen (secondary N) is 1. The average Bonchev–Trinajstić information content (AvgIpc) is 2.52. The molecule has 14 heavy (non-hydrogen) atoms. The predicted octanol–water partition coefficient (Wildman–Crippen LogP) is -0.154. The van der Waals surface area contributed by atoms with E-state index in [1.165, 1.54) is 10.9 Å². The highest BCUT2D eigenvalue weighted by Gasteiger charge is 2.06. The van der Waals surface area contributed by atoms with E-state index in [1.807, 2.05) is 6.92 Å². The summed E-state index contributed by atoms with van der Waals surface area (Å²) in [6, 6.07) is 1.75. The number of aromatic nitrogens is 4. The number of aromatic amines is 1. The molecule has 6 nitrogen and oxygen atoms in total. The summed E-state index contributed by atoms with van der Waals surface area (Å²) in [7, 11) is 0. The van der Waals surface area contributed by atoms with Gasteiger partial charge in [0.25, 0.3) is 0 Å². The van der Waals surface area contributed by atoms with E-state index in [2.05, 4.69) is 15.2 Å². The predicted molar refractivity (Wildman–Crippen MR) is 51.1 cm³/mol. The van der Waals surface area contributed by atoms with E-state index in [-0.39, 0.29) is 5.69 Å². The van der Waals surface area contributed by atoms with Gasteiger partial charge in [-0.1, -0.05) is 0 Å². The molecule has 0 bridgehead atoms. The Labute approximate surface area is 79.4 Å². The molecule has 6 heteroatoms. The van der Waals surface area contributed by atoms with Gasteiger partial charge >= 0.3 is 5.69 Å². The van der Waals surface area contributed by atoms with Gasteiger partial charge in [0.15, 0.2) is 5.82 Å². The Balaban J connectivity index is 2.63. The number of H-pyrrole nitrogens is 1. The van der Waals surface area contributed by atoms with Crippen LogP contribution in [0.4, 0.5) is 5.69 Å². The van der Waals surface area contributed by atoms with Gasteiger partial charge in [0.1, 0.15) is 6.33 Å². The summed E-state index contributed by atoms with van der Waals surface area (Å²) in [6.07, 6.45) is 2.99. The maximum absolute atomic E-state index is 11.2. The second-order valence-electron chi connectivity index (χ2n) is 2.96. The van der Waals surface area contributed by atoms with Crippen molar-refractivity contribution in [3.8, 4) is 5.82 Å². The van der Waals surface area contributed by atoms with Gasteiger partial charge in [-0.15, -0.1) is 0 Å². The van der Waals surface area contributed by atoms with E-state index in [9.17, 15) is 4.79 Å². The molecule has 0 spiro atoms. The first-order valence-corrected chi connectivity index (χ1v) is 4.03. The van der Waals surface area contributed by atoms with Gasteiger partial charge in [0, 0.05) is 6.20 Å². The molecule has 0 unspecified atom stereocenters. The maximum Gasteiger partial charge on any atom is 0.349 e. The highest BCUT2D eigenvalue weighted by molar-refractivity contribution is 5.53. The minimum absolute atomic E-state index is 0.354. The first-order chi connectivity index (χ1) is 6.68. The third kappa shape index (κ3) is 1.26. The largest absolute Gasteiger partial charge is 0.396 e. The fourth-order valence-corrected chi connectivity index (χ4v) is 1.18. The minimum atomic E-state index is -0.354. The van der Waals surface area contributed by atoms with Crippen molar-refractivity contribution in [1.82, 2.24) is 19.7 Å². The smallest absolute Gasteiger partial charge is 0.349 e. The van der Waals surface area contributed by atoms with Crippen molar-refractivity contribution in [2.45, 2.75) is 6.92 Å². The third-order valence-electron chi connectivity index (χ3n) is 1.81. The summed E-state index contributed by atoms with van der Waals surface area (Å²) in [5, 5.41) is 5.86. The van der Waals surface area contributed by atoms with Gasteiger partial charge in [0.2, 0.25) is 0 Å². The Morgan fingerprint density at radius 3 is 2.93 bits per heavy atom. The Morgan fingerprint density at radius 1 is 1.57 bits per heavy atom. The van der Waals surface area contributed by atoms with Crippen LogP contribution in [0.1, 0.15) is 5.56 Å². The van der Waals surface area contributed by atoms with Crippen LogP contribution in [0.15, 0.2) is 23.4 Å². The Morgan fingerprint density at radius 2 is 2.36 bits per heavy atom. The van der Waals surface area contributed by atoms with Gasteiger partial charge in [-0.2, -0.15) is 5.10 Å². The summed E-state index contributed by atoms with van der Waals surface area (Å²) < 4.78 is 1.26. The molecule has 72 valence electrons. The molecule has 2 aromatic heterocycles. The number of pyridine rings is 1. The standard InChI is InChI=1S/C8H9N5O/c1-5-2-6(9)7(10-3-5)13-4-11-12-8(13)14/h2-4H,9H2,1H3,(H,12,14). The summed E-state index contributed by atoms with van der Waals surface area (Å²) >= 11 is 0. The van der Waals surface area contributed by atoms with Crippen LogP contribution in [0, 0.1) is 6.92 Å². The number of nitrogens with two attached hydrogens (primary N) is 1. The zero-order chi connectivity index (χ0) is 10.1. The fraction of sp³-hybridized carbons (Fsp3) is 0.125. The molecule has 0 aliphatic rings. The highest BCUT2D eigenvalue weighted by atomic mass is 16.1. The van der Waals surface area contributed by atoms with E-state index in [1.54, 1.807) is 12.3 Å². The van der Waals surface area contributed by atoms with Crippen LogP contribution < -0.4 is 11.4 Å². The van der Waals surface area contributed by atoms with Gasteiger partial charge < -0.3 is 5.73 Å². The zero-order valence-corrected chi connectivity index (χ0v) is 7.56. The normalized spacial score (nSPS) is 10.4. The van der Waals surface area contributed by atoms with Crippen molar-refractivity contribution >= 4 is 5.69 Å². The number of hydrogen-bond acceptors (Lipinski definition) is 4. The topological polar surface area (TPSA) is 89.6 Å². The molecule has 2 rings (SSSR count). The van der Waals surface area contributed by atoms with Crippen LogP contribution in [-0.2, 0) is 0 Å². The van der Waals surface area contributed by atoms with Crippen molar-refractivity contribution in [2.75, 3.05) is 5.73 Å². The molecular weight excluding hydrogens is 182 g/mol. The lowest BCUT2D eigenvalue weighted by Gasteiger charge is -2.03. The average molecular weight is 191 g/mol. The van der Waals surface area contributed by atoms with Crippen LogP contribution in [0.25, 0.3) is 5.82 Å². The molecule has 0 aliphatic carbocycles. The highest BCUT2D eigenvalue weighted by Crippen LogP contribution is 2.12. The minimum Gasteiger partial charge on any atom is -0.396 e. The molecule has 0 radical (unpaired) electrons. The second kappa shape index (κ2) is 2.99. The number of aryl methyl sites for hydroxylation is 1. The lowest BCUT2D eigenvalue weighted by molar-refractivity contribution is 0.940. The van der Waals surface area contributed by atoms with Crippen LogP contribution in [0.5, 0.6) is 0 Å². The maximum atomic E-state index is 11.2. The van der Waals surface area contributed by atoms with E-state index in [4.69, 9.17) is 5.73 Å². The Bertz CT molecular complexity index is 512. The summed E-state index contributed by atoms with van der Waals surface area (Å²) in [4.78, 5) is 15.3. The van der Waals surface area contributed by atoms with Gasteiger partial charge in [0.05, 0.1) is 5.69 Å². The lowest BCUT2D eigenvalue weighted by atomic mass is 10.3. The molecular formula is C8H9N5O. The van der Waals surface area contributed by atoms with Crippen LogP contribution >= 0.6 is 0 Å². The second-order valence-corrected chi connectivity index (χ2v) is 2.96.